The van der Waals surface area contributed by atoms with Gasteiger partial charge in [-0.25, -0.2) is 0 Å². The molecule has 0 nitrogen and oxygen atoms in total. The van der Waals surface area contributed by atoms with Crippen molar-refractivity contribution in [3.63, 3.8) is 0 Å². The van der Waals surface area contributed by atoms with Gasteiger partial charge < -0.3 is 0 Å². The third-order valence-electron chi connectivity index (χ3n) is 2.93. The Kier molecular flexibility index (Phi) is 5.17. The van der Waals surface area contributed by atoms with E-state index in [0.717, 1.165) is 6.42 Å². The molecule has 0 heterocycles. The fourth-order valence-corrected chi connectivity index (χ4v) is 1.87. The van der Waals surface area contributed by atoms with Crippen LogP contribution in [-0.2, 0) is 6.42 Å². The maximum absolute atomic E-state index is 4.10. The summed E-state index contributed by atoms with van der Waals surface area (Å²) in [6, 6.07) is 10.7. The van der Waals surface area contributed by atoms with Gasteiger partial charge in [0.25, 0.3) is 0 Å². The maximum Gasteiger partial charge on any atom is -0.0168 e. The highest BCUT2D eigenvalue weighted by Crippen LogP contribution is 2.21. The first-order chi connectivity index (χ1) is 7.24. The van der Waals surface area contributed by atoms with Gasteiger partial charge in [-0.15, -0.1) is 0 Å². The molecule has 0 saturated heterocycles. The van der Waals surface area contributed by atoms with E-state index in [4.69, 9.17) is 0 Å². The van der Waals surface area contributed by atoms with Crippen LogP contribution in [0.15, 0.2) is 42.5 Å². The second kappa shape index (κ2) is 6.44. The van der Waals surface area contributed by atoms with Gasteiger partial charge in [-0.05, 0) is 31.2 Å². The Morgan fingerprint density at radius 3 is 2.47 bits per heavy atom. The molecule has 0 bridgehead atoms. The van der Waals surface area contributed by atoms with Crippen LogP contribution in [0.25, 0.3) is 0 Å². The summed E-state index contributed by atoms with van der Waals surface area (Å²) >= 11 is 0. The molecule has 0 aliphatic carbocycles. The van der Waals surface area contributed by atoms with Crippen molar-refractivity contribution in [2.45, 2.75) is 39.5 Å². The topological polar surface area (TPSA) is 0 Å². The van der Waals surface area contributed by atoms with Gasteiger partial charge in [0.05, 0.1) is 0 Å². The van der Waals surface area contributed by atoms with Crippen LogP contribution in [0.2, 0.25) is 0 Å². The number of hydrogen-bond acceptors (Lipinski definition) is 0. The zero-order valence-corrected chi connectivity index (χ0v) is 10.00. The van der Waals surface area contributed by atoms with Crippen LogP contribution in [0, 0.1) is 5.92 Å². The largest absolute Gasteiger partial charge is 0.0998 e. The van der Waals surface area contributed by atoms with E-state index >= 15 is 0 Å². The minimum atomic E-state index is 0.660. The van der Waals surface area contributed by atoms with E-state index in [1.807, 2.05) is 0 Å². The van der Waals surface area contributed by atoms with Gasteiger partial charge in [-0.2, -0.15) is 0 Å². The molecule has 0 spiro atoms. The number of unbranched alkanes of at least 4 members (excludes halogenated alkanes) is 1. The second-order valence-electron chi connectivity index (χ2n) is 4.38. The van der Waals surface area contributed by atoms with Crippen LogP contribution in [0.3, 0.4) is 0 Å². The summed E-state index contributed by atoms with van der Waals surface area (Å²) in [6.45, 7) is 8.51. The molecule has 1 atom stereocenters. The zero-order chi connectivity index (χ0) is 11.1. The van der Waals surface area contributed by atoms with Gasteiger partial charge in [0, 0.05) is 0 Å². The Balaban J connectivity index is 2.55. The number of allylic oxidation sites excluding steroid dienone is 1. The van der Waals surface area contributed by atoms with Crippen LogP contribution in [0.4, 0.5) is 0 Å². The lowest BCUT2D eigenvalue weighted by atomic mass is 9.89. The van der Waals surface area contributed by atoms with Crippen molar-refractivity contribution in [2.24, 2.45) is 5.92 Å². The summed E-state index contributed by atoms with van der Waals surface area (Å²) in [4.78, 5) is 0. The first-order valence-electron chi connectivity index (χ1n) is 5.93. The van der Waals surface area contributed by atoms with Crippen LogP contribution < -0.4 is 0 Å². The lowest BCUT2D eigenvalue weighted by Crippen LogP contribution is -2.05. The average Bonchev–Trinajstić information content (AvgIpc) is 2.25. The second-order valence-corrected chi connectivity index (χ2v) is 4.38. The Morgan fingerprint density at radius 2 is 1.93 bits per heavy atom. The summed E-state index contributed by atoms with van der Waals surface area (Å²) < 4.78 is 0. The molecule has 82 valence electrons. The van der Waals surface area contributed by atoms with Crippen LogP contribution in [0.5, 0.6) is 0 Å². The van der Waals surface area contributed by atoms with Crippen molar-refractivity contribution in [1.82, 2.24) is 0 Å². The Morgan fingerprint density at radius 1 is 1.27 bits per heavy atom. The molecule has 15 heavy (non-hydrogen) atoms. The molecule has 1 aromatic rings. The summed E-state index contributed by atoms with van der Waals surface area (Å²) in [5.74, 6) is 0.660. The SMILES string of the molecule is C=C(C)[C@H](CCCC)Cc1ccccc1. The predicted molar refractivity (Wildman–Crippen MR) is 68.0 cm³/mol. The first-order valence-corrected chi connectivity index (χ1v) is 5.93. The smallest absolute Gasteiger partial charge is 0.0168 e. The van der Waals surface area contributed by atoms with Crippen molar-refractivity contribution in [2.75, 3.05) is 0 Å². The van der Waals surface area contributed by atoms with Gasteiger partial charge in [0.2, 0.25) is 0 Å². The third-order valence-corrected chi connectivity index (χ3v) is 2.93. The van der Waals surface area contributed by atoms with E-state index in [-0.39, 0.29) is 0 Å². The van der Waals surface area contributed by atoms with Crippen LogP contribution >= 0.6 is 0 Å². The molecule has 0 heteroatoms. The number of hydrogen-bond donors (Lipinski definition) is 0. The standard InChI is InChI=1S/C15H22/c1-4-5-11-15(13(2)3)12-14-9-7-6-8-10-14/h6-10,15H,2,4-5,11-12H2,1,3H3/t15-/m1/s1. The molecule has 0 aliphatic heterocycles. The minimum absolute atomic E-state index is 0.660. The van der Waals surface area contributed by atoms with Gasteiger partial charge in [0.1, 0.15) is 0 Å². The van der Waals surface area contributed by atoms with Gasteiger partial charge in [-0.1, -0.05) is 62.2 Å². The molecule has 1 aromatic carbocycles. The highest BCUT2D eigenvalue weighted by Gasteiger charge is 2.09. The quantitative estimate of drug-likeness (QED) is 0.591. The molecule has 0 unspecified atom stereocenters. The van der Waals surface area contributed by atoms with Gasteiger partial charge in [-0.3, -0.25) is 0 Å². The van der Waals surface area contributed by atoms with E-state index in [2.05, 4.69) is 50.8 Å². The summed E-state index contributed by atoms with van der Waals surface area (Å²) in [5, 5.41) is 0. The molecule has 0 saturated carbocycles. The molecule has 0 aliphatic rings. The first kappa shape index (κ1) is 12.0. The maximum atomic E-state index is 4.10. The number of rotatable bonds is 6. The van der Waals surface area contributed by atoms with Crippen molar-refractivity contribution < 1.29 is 0 Å². The molecule has 0 radical (unpaired) electrons. The fraction of sp³-hybridized carbons (Fsp3) is 0.467. The van der Waals surface area contributed by atoms with Crippen molar-refractivity contribution in [3.8, 4) is 0 Å². The average molecular weight is 202 g/mol. The summed E-state index contributed by atoms with van der Waals surface area (Å²) in [5.41, 5.74) is 2.76. The Hall–Kier alpha value is -1.04. The molecular formula is C15H22. The van der Waals surface area contributed by atoms with E-state index in [0.29, 0.717) is 5.92 Å². The van der Waals surface area contributed by atoms with Crippen LogP contribution in [-0.4, -0.2) is 0 Å². The molecule has 0 fully saturated rings. The van der Waals surface area contributed by atoms with Crippen LogP contribution in [0.1, 0.15) is 38.7 Å². The van der Waals surface area contributed by atoms with Crippen molar-refractivity contribution in [1.29, 1.82) is 0 Å². The lowest BCUT2D eigenvalue weighted by molar-refractivity contribution is 0.528. The number of benzene rings is 1. The normalized spacial score (nSPS) is 12.4. The van der Waals surface area contributed by atoms with Gasteiger partial charge in [0.15, 0.2) is 0 Å². The Bertz CT molecular complexity index is 284. The van der Waals surface area contributed by atoms with E-state index in [1.54, 1.807) is 0 Å². The summed E-state index contributed by atoms with van der Waals surface area (Å²) in [6.07, 6.45) is 5.01. The van der Waals surface area contributed by atoms with Gasteiger partial charge >= 0.3 is 0 Å². The van der Waals surface area contributed by atoms with Crippen molar-refractivity contribution in [3.05, 3.63) is 48.0 Å². The molecule has 0 aromatic heterocycles. The van der Waals surface area contributed by atoms with E-state index in [9.17, 15) is 0 Å². The zero-order valence-electron chi connectivity index (χ0n) is 10.00. The monoisotopic (exact) mass is 202 g/mol. The highest BCUT2D eigenvalue weighted by molar-refractivity contribution is 5.17. The predicted octanol–water partition coefficient (Wildman–Crippen LogP) is 4.61. The van der Waals surface area contributed by atoms with E-state index in [1.165, 1.54) is 30.4 Å². The molecule has 0 N–H and O–H groups in total. The minimum Gasteiger partial charge on any atom is -0.0998 e. The van der Waals surface area contributed by atoms with E-state index < -0.39 is 0 Å². The molecule has 0 amide bonds. The Labute approximate surface area is 94.0 Å². The molecular weight excluding hydrogens is 180 g/mol. The third kappa shape index (κ3) is 4.33. The fourth-order valence-electron chi connectivity index (χ4n) is 1.87. The lowest BCUT2D eigenvalue weighted by Gasteiger charge is -2.16. The highest BCUT2D eigenvalue weighted by atomic mass is 14.1. The molecule has 1 rings (SSSR count). The van der Waals surface area contributed by atoms with Crippen molar-refractivity contribution >= 4 is 0 Å². The summed E-state index contributed by atoms with van der Waals surface area (Å²) in [7, 11) is 0.